The van der Waals surface area contributed by atoms with Gasteiger partial charge < -0.3 is 14.8 Å². The third kappa shape index (κ3) is 5.70. The minimum atomic E-state index is -0.873. The number of amides is 3. The quantitative estimate of drug-likeness (QED) is 0.745. The molecule has 2 heterocycles. The first-order chi connectivity index (χ1) is 15.0. The van der Waals surface area contributed by atoms with E-state index in [1.807, 2.05) is 37.3 Å². The van der Waals surface area contributed by atoms with E-state index in [9.17, 15) is 9.59 Å². The molecule has 2 N–H and O–H groups in total. The summed E-state index contributed by atoms with van der Waals surface area (Å²) in [4.78, 5) is 31.1. The van der Waals surface area contributed by atoms with Crippen LogP contribution in [0.4, 0.5) is 15.5 Å². The number of nitrogens with zero attached hydrogens (tertiary/aromatic N) is 4. The summed E-state index contributed by atoms with van der Waals surface area (Å²) >= 11 is 0. The Labute approximate surface area is 187 Å². The molecule has 1 saturated heterocycles. The Bertz CT molecular complexity index is 960. The molecule has 3 rings (SSSR count). The SMILES string of the molecule is C[C@@H]1OC(C)(C)N(C(=O)OC(C)(C)C)[C@@H]1CNC(=O)Nc1nncc(-c2ccccc2)n1. The molecule has 2 aromatic rings. The van der Waals surface area contributed by atoms with Crippen LogP contribution < -0.4 is 10.6 Å². The minimum Gasteiger partial charge on any atom is -0.444 e. The molecule has 0 unspecified atom stereocenters. The predicted octanol–water partition coefficient (Wildman–Crippen LogP) is 3.42. The number of carbonyl (C=O) groups excluding carboxylic acids is 2. The molecule has 1 aliphatic heterocycles. The Morgan fingerprint density at radius 1 is 1.22 bits per heavy atom. The Kier molecular flexibility index (Phi) is 6.63. The summed E-state index contributed by atoms with van der Waals surface area (Å²) in [5.41, 5.74) is -0.0750. The van der Waals surface area contributed by atoms with Crippen LogP contribution in [0.25, 0.3) is 11.3 Å². The molecule has 32 heavy (non-hydrogen) atoms. The molecule has 0 bridgehead atoms. The normalized spacial score (nSPS) is 20.0. The first kappa shape index (κ1) is 23.4. The van der Waals surface area contributed by atoms with Crippen LogP contribution in [-0.4, -0.2) is 62.2 Å². The third-order valence-electron chi connectivity index (χ3n) is 4.84. The number of aromatic nitrogens is 3. The Morgan fingerprint density at radius 2 is 1.91 bits per heavy atom. The molecule has 10 heteroatoms. The maximum absolute atomic E-state index is 12.8. The molecule has 0 aliphatic carbocycles. The van der Waals surface area contributed by atoms with Gasteiger partial charge in [-0.1, -0.05) is 30.3 Å². The second-order valence-electron chi connectivity index (χ2n) is 9.05. The number of ether oxygens (including phenoxy) is 2. The van der Waals surface area contributed by atoms with Crippen molar-refractivity contribution in [2.75, 3.05) is 11.9 Å². The molecular weight excluding hydrogens is 412 g/mol. The third-order valence-corrected chi connectivity index (χ3v) is 4.84. The lowest BCUT2D eigenvalue weighted by Crippen LogP contribution is -2.53. The molecule has 2 atom stereocenters. The highest BCUT2D eigenvalue weighted by molar-refractivity contribution is 5.87. The monoisotopic (exact) mass is 442 g/mol. The van der Waals surface area contributed by atoms with Gasteiger partial charge in [0.05, 0.1) is 24.0 Å². The van der Waals surface area contributed by atoms with E-state index in [0.29, 0.717) is 5.69 Å². The highest BCUT2D eigenvalue weighted by atomic mass is 16.6. The fourth-order valence-corrected chi connectivity index (χ4v) is 3.57. The van der Waals surface area contributed by atoms with Gasteiger partial charge in [-0.15, -0.1) is 5.10 Å². The summed E-state index contributed by atoms with van der Waals surface area (Å²) in [7, 11) is 0. The van der Waals surface area contributed by atoms with Gasteiger partial charge in [-0.25, -0.2) is 14.6 Å². The van der Waals surface area contributed by atoms with Crippen molar-refractivity contribution < 1.29 is 19.1 Å². The zero-order valence-electron chi connectivity index (χ0n) is 19.2. The van der Waals surface area contributed by atoms with Gasteiger partial charge in [-0.3, -0.25) is 10.2 Å². The van der Waals surface area contributed by atoms with Crippen molar-refractivity contribution in [3.8, 4) is 11.3 Å². The first-order valence-corrected chi connectivity index (χ1v) is 10.5. The van der Waals surface area contributed by atoms with E-state index in [1.54, 1.807) is 34.6 Å². The highest BCUT2D eigenvalue weighted by Crippen LogP contribution is 2.33. The van der Waals surface area contributed by atoms with Gasteiger partial charge in [-0.2, -0.15) is 5.10 Å². The van der Waals surface area contributed by atoms with Crippen molar-refractivity contribution in [2.24, 2.45) is 0 Å². The van der Waals surface area contributed by atoms with Crippen molar-refractivity contribution in [3.63, 3.8) is 0 Å². The van der Waals surface area contributed by atoms with Crippen LogP contribution in [0.15, 0.2) is 36.5 Å². The number of anilines is 1. The number of urea groups is 1. The molecule has 1 fully saturated rings. The van der Waals surface area contributed by atoms with Gasteiger partial charge in [0.1, 0.15) is 11.3 Å². The average Bonchev–Trinajstić information content (AvgIpc) is 2.93. The maximum atomic E-state index is 12.8. The molecule has 0 radical (unpaired) electrons. The van der Waals surface area contributed by atoms with Gasteiger partial charge >= 0.3 is 12.1 Å². The van der Waals surface area contributed by atoms with Gasteiger partial charge in [0.2, 0.25) is 0 Å². The van der Waals surface area contributed by atoms with Crippen molar-refractivity contribution >= 4 is 18.1 Å². The van der Waals surface area contributed by atoms with Crippen molar-refractivity contribution in [3.05, 3.63) is 36.5 Å². The molecule has 10 nitrogen and oxygen atoms in total. The van der Waals surface area contributed by atoms with Gasteiger partial charge in [0, 0.05) is 12.1 Å². The average molecular weight is 443 g/mol. The minimum absolute atomic E-state index is 0.0731. The summed E-state index contributed by atoms with van der Waals surface area (Å²) in [6, 6.07) is 8.53. The topological polar surface area (TPSA) is 119 Å². The Hall–Kier alpha value is -3.27. The molecule has 0 saturated carbocycles. The molecule has 1 aromatic heterocycles. The summed E-state index contributed by atoms with van der Waals surface area (Å²) < 4.78 is 11.5. The summed E-state index contributed by atoms with van der Waals surface area (Å²) in [6.07, 6.45) is 0.718. The number of hydrogen-bond acceptors (Lipinski definition) is 7. The smallest absolute Gasteiger partial charge is 0.412 e. The number of rotatable bonds is 4. The van der Waals surface area contributed by atoms with Crippen LogP contribution in [0, 0.1) is 0 Å². The van der Waals surface area contributed by atoms with Gasteiger partial charge in [0.25, 0.3) is 5.95 Å². The van der Waals surface area contributed by atoms with Crippen LogP contribution in [0.2, 0.25) is 0 Å². The van der Waals surface area contributed by atoms with Crippen LogP contribution >= 0.6 is 0 Å². The fourth-order valence-electron chi connectivity index (χ4n) is 3.57. The van der Waals surface area contributed by atoms with E-state index >= 15 is 0 Å². The maximum Gasteiger partial charge on any atom is 0.412 e. The van der Waals surface area contributed by atoms with E-state index in [2.05, 4.69) is 25.8 Å². The number of benzene rings is 1. The highest BCUT2D eigenvalue weighted by Gasteiger charge is 2.49. The molecule has 3 amide bonds. The largest absolute Gasteiger partial charge is 0.444 e. The van der Waals surface area contributed by atoms with Crippen molar-refractivity contribution in [1.29, 1.82) is 0 Å². The van der Waals surface area contributed by atoms with Crippen molar-refractivity contribution in [2.45, 2.75) is 65.0 Å². The Morgan fingerprint density at radius 3 is 2.56 bits per heavy atom. The van der Waals surface area contributed by atoms with Gasteiger partial charge in [0.15, 0.2) is 0 Å². The van der Waals surface area contributed by atoms with Crippen LogP contribution in [0.3, 0.4) is 0 Å². The van der Waals surface area contributed by atoms with E-state index in [0.717, 1.165) is 5.56 Å². The molecule has 1 aliphatic rings. The predicted molar refractivity (Wildman–Crippen MR) is 119 cm³/mol. The van der Waals surface area contributed by atoms with Crippen molar-refractivity contribution in [1.82, 2.24) is 25.4 Å². The van der Waals surface area contributed by atoms with Crippen LogP contribution in [0.1, 0.15) is 41.5 Å². The van der Waals surface area contributed by atoms with E-state index in [4.69, 9.17) is 9.47 Å². The first-order valence-electron chi connectivity index (χ1n) is 10.5. The summed E-state index contributed by atoms with van der Waals surface area (Å²) in [6.45, 7) is 11.0. The standard InChI is InChI=1S/C22H30N6O4/c1-14-17(28(22(5,6)31-14)20(30)32-21(2,3)4)13-23-19(29)26-18-25-16(12-24-27-18)15-10-8-7-9-11-15/h7-12,14,17H,13H2,1-6H3,(H2,23,25,26,27,29)/t14-,17+/m0/s1. The molecular formula is C22H30N6O4. The zero-order chi connectivity index (χ0) is 23.5. The summed E-state index contributed by atoms with van der Waals surface area (Å²) in [5, 5.41) is 13.1. The fraction of sp³-hybridized carbons (Fsp3) is 0.500. The number of hydrogen-bond donors (Lipinski definition) is 2. The lowest BCUT2D eigenvalue weighted by Gasteiger charge is -2.35. The summed E-state index contributed by atoms with van der Waals surface area (Å²) in [5.74, 6) is 0.0731. The van der Waals surface area contributed by atoms with Crippen LogP contribution in [0.5, 0.6) is 0 Å². The Balaban J connectivity index is 1.65. The van der Waals surface area contributed by atoms with Crippen LogP contribution in [-0.2, 0) is 9.47 Å². The van der Waals surface area contributed by atoms with Gasteiger partial charge in [-0.05, 0) is 41.5 Å². The second kappa shape index (κ2) is 9.07. The lowest BCUT2D eigenvalue weighted by molar-refractivity contribution is -0.0756. The second-order valence-corrected chi connectivity index (χ2v) is 9.05. The number of carbonyl (C=O) groups is 2. The molecule has 172 valence electrons. The van der Waals surface area contributed by atoms with E-state index in [-0.39, 0.29) is 18.6 Å². The molecule has 0 spiro atoms. The zero-order valence-corrected chi connectivity index (χ0v) is 19.2. The lowest BCUT2D eigenvalue weighted by atomic mass is 10.1. The molecule has 1 aromatic carbocycles. The van der Waals surface area contributed by atoms with E-state index in [1.165, 1.54) is 11.1 Å². The number of nitrogens with one attached hydrogen (secondary N) is 2. The van der Waals surface area contributed by atoms with E-state index < -0.39 is 29.5 Å².